The molecule has 2 amide bonds. The third kappa shape index (κ3) is 2.96. The van der Waals surface area contributed by atoms with Crippen molar-refractivity contribution in [1.82, 2.24) is 9.80 Å². The monoisotopic (exact) mass is 394 g/mol. The van der Waals surface area contributed by atoms with E-state index in [2.05, 4.69) is 0 Å². The number of rotatable bonds is 1. The number of hydrogen-bond acceptors (Lipinski definition) is 2. The Balaban J connectivity index is 1.68. The lowest BCUT2D eigenvalue weighted by molar-refractivity contribution is -0.139. The highest BCUT2D eigenvalue weighted by atomic mass is 35.5. The minimum Gasteiger partial charge on any atom is -0.332 e. The Bertz CT molecular complexity index is 966. The molecule has 0 bridgehead atoms. The Labute approximate surface area is 158 Å². The van der Waals surface area contributed by atoms with E-state index in [1.54, 1.807) is 17.0 Å². The molecular weight excluding hydrogens is 381 g/mol. The smallest absolute Gasteiger partial charge is 0.257 e. The molecule has 1 atom stereocenters. The Morgan fingerprint density at radius 1 is 1.11 bits per heavy atom. The lowest BCUT2D eigenvalue weighted by Crippen LogP contribution is -2.55. The third-order valence-electron chi connectivity index (χ3n) is 5.06. The van der Waals surface area contributed by atoms with E-state index in [1.165, 1.54) is 0 Å². The fourth-order valence-electron chi connectivity index (χ4n) is 3.71. The second kappa shape index (κ2) is 6.56. The molecule has 2 aliphatic rings. The summed E-state index contributed by atoms with van der Waals surface area (Å²) in [6, 6.07) is 6.58. The molecule has 4 nitrogen and oxygen atoms in total. The average Bonchev–Trinajstić information content (AvgIpc) is 2.65. The van der Waals surface area contributed by atoms with Crippen LogP contribution in [0.4, 0.5) is 13.2 Å². The molecule has 0 spiro atoms. The van der Waals surface area contributed by atoms with Crippen LogP contribution >= 0.6 is 11.6 Å². The summed E-state index contributed by atoms with van der Waals surface area (Å²) in [6.45, 7) is 0.389. The van der Waals surface area contributed by atoms with Gasteiger partial charge in [-0.25, -0.2) is 13.2 Å². The molecule has 1 unspecified atom stereocenters. The van der Waals surface area contributed by atoms with Crippen LogP contribution in [0, 0.1) is 17.5 Å². The first-order valence-corrected chi connectivity index (χ1v) is 8.75. The van der Waals surface area contributed by atoms with Crippen LogP contribution in [0.1, 0.15) is 27.5 Å². The van der Waals surface area contributed by atoms with Crippen molar-refractivity contribution >= 4 is 23.4 Å². The van der Waals surface area contributed by atoms with Crippen molar-refractivity contribution in [2.75, 3.05) is 19.6 Å². The van der Waals surface area contributed by atoms with Gasteiger partial charge in [0.25, 0.3) is 5.91 Å². The highest BCUT2D eigenvalue weighted by Crippen LogP contribution is 2.35. The van der Waals surface area contributed by atoms with Gasteiger partial charge in [0.05, 0.1) is 11.6 Å². The van der Waals surface area contributed by atoms with Gasteiger partial charge < -0.3 is 9.80 Å². The van der Waals surface area contributed by atoms with Gasteiger partial charge in [0, 0.05) is 18.1 Å². The molecule has 2 aromatic rings. The molecule has 0 N–H and O–H groups in total. The summed E-state index contributed by atoms with van der Waals surface area (Å²) in [6.07, 6.45) is 0.681. The number of piperazine rings is 1. The van der Waals surface area contributed by atoms with Gasteiger partial charge >= 0.3 is 0 Å². The van der Waals surface area contributed by atoms with Gasteiger partial charge in [-0.1, -0.05) is 17.7 Å². The summed E-state index contributed by atoms with van der Waals surface area (Å²) in [5, 5.41) is 0.512. The summed E-state index contributed by atoms with van der Waals surface area (Å²) in [5.41, 5.74) is 1.27. The molecule has 2 heterocycles. The van der Waals surface area contributed by atoms with E-state index >= 15 is 0 Å². The van der Waals surface area contributed by atoms with Crippen molar-refractivity contribution in [3.05, 3.63) is 69.5 Å². The maximum Gasteiger partial charge on any atom is 0.257 e. The van der Waals surface area contributed by atoms with Crippen LogP contribution in [0.25, 0.3) is 0 Å². The number of hydrogen-bond donors (Lipinski definition) is 0. The molecule has 1 saturated heterocycles. The van der Waals surface area contributed by atoms with E-state index in [0.717, 1.165) is 22.1 Å². The van der Waals surface area contributed by atoms with Crippen LogP contribution in [0.3, 0.4) is 0 Å². The second-order valence-corrected chi connectivity index (χ2v) is 7.04. The summed E-state index contributed by atoms with van der Waals surface area (Å²) in [4.78, 5) is 28.1. The number of benzene rings is 2. The molecule has 2 aliphatic heterocycles. The van der Waals surface area contributed by atoms with Gasteiger partial charge in [-0.15, -0.1) is 0 Å². The van der Waals surface area contributed by atoms with Crippen molar-refractivity contribution in [1.29, 1.82) is 0 Å². The normalized spacial score (nSPS) is 19.0. The predicted molar refractivity (Wildman–Crippen MR) is 91.8 cm³/mol. The molecule has 4 rings (SSSR count). The van der Waals surface area contributed by atoms with Crippen molar-refractivity contribution in [2.24, 2.45) is 0 Å². The lowest BCUT2D eigenvalue weighted by Gasteiger charge is -2.44. The van der Waals surface area contributed by atoms with Crippen LogP contribution in [0.15, 0.2) is 30.3 Å². The second-order valence-electron chi connectivity index (χ2n) is 6.60. The maximum atomic E-state index is 14.0. The number of carbonyl (C=O) groups is 2. The summed E-state index contributed by atoms with van der Waals surface area (Å²) in [7, 11) is 0. The number of amides is 2. The van der Waals surface area contributed by atoms with Gasteiger partial charge in [0.1, 0.15) is 6.54 Å². The van der Waals surface area contributed by atoms with E-state index in [0.29, 0.717) is 24.1 Å². The number of halogens is 4. The lowest BCUT2D eigenvalue weighted by atomic mass is 9.90. The molecule has 27 heavy (non-hydrogen) atoms. The highest BCUT2D eigenvalue weighted by molar-refractivity contribution is 6.30. The largest absolute Gasteiger partial charge is 0.332 e. The molecular formula is C19H14ClF3N2O2. The Morgan fingerprint density at radius 3 is 2.67 bits per heavy atom. The van der Waals surface area contributed by atoms with Crippen LogP contribution in [0.5, 0.6) is 0 Å². The van der Waals surface area contributed by atoms with Gasteiger partial charge in [0.15, 0.2) is 17.5 Å². The third-order valence-corrected chi connectivity index (χ3v) is 5.29. The topological polar surface area (TPSA) is 40.6 Å². The average molecular weight is 395 g/mol. The van der Waals surface area contributed by atoms with E-state index in [4.69, 9.17) is 11.6 Å². The Morgan fingerprint density at radius 2 is 1.89 bits per heavy atom. The standard InChI is InChI=1S/C19H14ClF3N2O2/c20-11-2-1-10-5-6-25-15(13(10)7-11)8-24(9-16(25)26)19(27)12-3-4-14(21)18(23)17(12)22/h1-4,7,15H,5-6,8-9H2. The van der Waals surface area contributed by atoms with Gasteiger partial charge in [0.2, 0.25) is 5.91 Å². The molecule has 1 fully saturated rings. The number of fused-ring (bicyclic) bond motifs is 3. The number of nitrogens with zero attached hydrogens (tertiary/aromatic N) is 2. The first-order chi connectivity index (χ1) is 12.9. The van der Waals surface area contributed by atoms with Crippen molar-refractivity contribution in [3.63, 3.8) is 0 Å². The van der Waals surface area contributed by atoms with E-state index in [9.17, 15) is 22.8 Å². The van der Waals surface area contributed by atoms with Crippen LogP contribution < -0.4 is 0 Å². The summed E-state index contributed by atoms with van der Waals surface area (Å²) in [5.74, 6) is -5.77. The van der Waals surface area contributed by atoms with Gasteiger partial charge in [-0.2, -0.15) is 0 Å². The molecule has 0 radical (unpaired) electrons. The molecule has 0 aromatic heterocycles. The Hall–Kier alpha value is -2.54. The zero-order valence-corrected chi connectivity index (χ0v) is 14.8. The quantitative estimate of drug-likeness (QED) is 0.696. The van der Waals surface area contributed by atoms with E-state index in [-0.39, 0.29) is 19.0 Å². The molecule has 0 saturated carbocycles. The van der Waals surface area contributed by atoms with Crippen LogP contribution in [0.2, 0.25) is 5.02 Å². The maximum absolute atomic E-state index is 14.0. The molecule has 0 aliphatic carbocycles. The zero-order chi connectivity index (χ0) is 19.3. The van der Waals surface area contributed by atoms with Crippen LogP contribution in [-0.2, 0) is 11.2 Å². The zero-order valence-electron chi connectivity index (χ0n) is 14.0. The fraction of sp³-hybridized carbons (Fsp3) is 0.263. The van der Waals surface area contributed by atoms with Gasteiger partial charge in [-0.05, 0) is 41.8 Å². The first-order valence-electron chi connectivity index (χ1n) is 8.37. The van der Waals surface area contributed by atoms with Crippen LogP contribution in [-0.4, -0.2) is 41.2 Å². The van der Waals surface area contributed by atoms with Gasteiger partial charge in [-0.3, -0.25) is 9.59 Å². The summed E-state index contributed by atoms with van der Waals surface area (Å²) >= 11 is 6.08. The molecule has 2 aromatic carbocycles. The minimum absolute atomic E-state index is 0.121. The van der Waals surface area contributed by atoms with E-state index < -0.39 is 35.0 Å². The SMILES string of the molecule is O=C(c1ccc(F)c(F)c1F)N1CC(=O)N2CCc3ccc(Cl)cc3C2C1. The highest BCUT2D eigenvalue weighted by Gasteiger charge is 2.39. The molecule has 140 valence electrons. The van der Waals surface area contributed by atoms with Crippen molar-refractivity contribution in [3.8, 4) is 0 Å². The first kappa shape index (κ1) is 17.9. The number of carbonyl (C=O) groups excluding carboxylic acids is 2. The van der Waals surface area contributed by atoms with E-state index in [1.807, 2.05) is 6.07 Å². The van der Waals surface area contributed by atoms with Crippen molar-refractivity contribution < 1.29 is 22.8 Å². The Kier molecular flexibility index (Phi) is 4.34. The fourth-order valence-corrected chi connectivity index (χ4v) is 3.89. The predicted octanol–water partition coefficient (Wildman–Crippen LogP) is 3.34. The van der Waals surface area contributed by atoms with Crippen molar-refractivity contribution in [2.45, 2.75) is 12.5 Å². The molecule has 8 heteroatoms. The summed E-state index contributed by atoms with van der Waals surface area (Å²) < 4.78 is 40.6. The minimum atomic E-state index is -1.71.